The zero-order valence-corrected chi connectivity index (χ0v) is 6.83. The van der Waals surface area contributed by atoms with E-state index in [1.165, 1.54) is 0 Å². The van der Waals surface area contributed by atoms with Gasteiger partial charge in [-0.05, 0) is 13.3 Å². The molecule has 0 heterocycles. The second kappa shape index (κ2) is 4.09. The molecule has 2 atom stereocenters. The lowest BCUT2D eigenvalue weighted by molar-refractivity contribution is 0.562. The first-order valence-corrected chi connectivity index (χ1v) is 3.92. The van der Waals surface area contributed by atoms with Crippen LogP contribution in [-0.4, -0.2) is 25.3 Å². The van der Waals surface area contributed by atoms with E-state index in [-0.39, 0.29) is 6.04 Å². The molecule has 0 aromatic heterocycles. The van der Waals surface area contributed by atoms with Crippen molar-refractivity contribution in [2.24, 2.45) is 4.99 Å². The molecule has 0 spiro atoms. The van der Waals surface area contributed by atoms with Gasteiger partial charge in [-0.2, -0.15) is 0 Å². The molecule has 2 unspecified atom stereocenters. The van der Waals surface area contributed by atoms with Crippen LogP contribution >= 0.6 is 0 Å². The molecule has 60 valence electrons. The largest absolute Gasteiger partial charge is 0.309 e. The Morgan fingerprint density at radius 3 is 2.82 bits per heavy atom. The SMILES string of the molecule is C=NC1C=CC=CC1NCC. The van der Waals surface area contributed by atoms with Crippen molar-refractivity contribution in [3.8, 4) is 0 Å². The summed E-state index contributed by atoms with van der Waals surface area (Å²) in [6.45, 7) is 6.60. The molecule has 0 saturated carbocycles. The molecule has 0 fully saturated rings. The van der Waals surface area contributed by atoms with Gasteiger partial charge in [-0.25, -0.2) is 0 Å². The summed E-state index contributed by atoms with van der Waals surface area (Å²) < 4.78 is 0. The molecule has 0 amide bonds. The number of rotatable bonds is 3. The van der Waals surface area contributed by atoms with Gasteiger partial charge in [-0.1, -0.05) is 31.2 Å². The lowest BCUT2D eigenvalue weighted by atomic mass is 10.0. The number of allylic oxidation sites excluding steroid dienone is 2. The number of nitrogens with one attached hydrogen (secondary N) is 1. The lowest BCUT2D eigenvalue weighted by Gasteiger charge is -2.20. The zero-order valence-electron chi connectivity index (χ0n) is 6.83. The molecule has 0 radical (unpaired) electrons. The standard InChI is InChI=1S/C9H14N2/c1-3-11-9-7-5-4-6-8(9)10-2/h4-9,11H,2-3H2,1H3. The van der Waals surface area contributed by atoms with Crippen LogP contribution in [0.5, 0.6) is 0 Å². The minimum absolute atomic E-state index is 0.208. The Morgan fingerprint density at radius 1 is 1.45 bits per heavy atom. The number of likely N-dealkylation sites (N-methyl/N-ethyl adjacent to an activating group) is 1. The molecular formula is C9H14N2. The van der Waals surface area contributed by atoms with Crippen LogP contribution in [0.4, 0.5) is 0 Å². The maximum Gasteiger partial charge on any atom is 0.0864 e. The summed E-state index contributed by atoms with van der Waals surface area (Å²) in [5, 5.41) is 3.31. The third-order valence-corrected chi connectivity index (χ3v) is 1.76. The second-order valence-corrected chi connectivity index (χ2v) is 2.53. The zero-order chi connectivity index (χ0) is 8.10. The topological polar surface area (TPSA) is 24.4 Å². The van der Waals surface area contributed by atoms with Crippen molar-refractivity contribution < 1.29 is 0 Å². The number of nitrogens with zero attached hydrogens (tertiary/aromatic N) is 1. The van der Waals surface area contributed by atoms with Crippen molar-refractivity contribution in [3.63, 3.8) is 0 Å². The highest BCUT2D eigenvalue weighted by Gasteiger charge is 2.14. The normalized spacial score (nSPS) is 28.8. The first kappa shape index (κ1) is 8.21. The summed E-state index contributed by atoms with van der Waals surface area (Å²) in [4.78, 5) is 4.00. The first-order chi connectivity index (χ1) is 5.38. The minimum atomic E-state index is 0.208. The lowest BCUT2D eigenvalue weighted by Crippen LogP contribution is -2.36. The number of hydrogen-bond donors (Lipinski definition) is 1. The monoisotopic (exact) mass is 150 g/mol. The van der Waals surface area contributed by atoms with E-state index >= 15 is 0 Å². The molecule has 1 aliphatic carbocycles. The molecule has 0 bridgehead atoms. The average Bonchev–Trinajstić information content (AvgIpc) is 2.06. The Hall–Kier alpha value is -0.890. The highest BCUT2D eigenvalue weighted by atomic mass is 15.0. The molecular weight excluding hydrogens is 136 g/mol. The van der Waals surface area contributed by atoms with Crippen LogP contribution in [0, 0.1) is 0 Å². The van der Waals surface area contributed by atoms with Crippen LogP contribution in [0.15, 0.2) is 29.3 Å². The molecule has 2 nitrogen and oxygen atoms in total. The van der Waals surface area contributed by atoms with Crippen LogP contribution in [0.1, 0.15) is 6.92 Å². The fourth-order valence-corrected chi connectivity index (χ4v) is 1.19. The van der Waals surface area contributed by atoms with E-state index in [1.54, 1.807) is 0 Å². The fourth-order valence-electron chi connectivity index (χ4n) is 1.19. The highest BCUT2D eigenvalue weighted by Crippen LogP contribution is 2.07. The van der Waals surface area contributed by atoms with E-state index in [2.05, 4.69) is 36.1 Å². The second-order valence-electron chi connectivity index (χ2n) is 2.53. The van der Waals surface area contributed by atoms with Gasteiger partial charge < -0.3 is 5.32 Å². The molecule has 0 aromatic rings. The Morgan fingerprint density at radius 2 is 2.18 bits per heavy atom. The molecule has 11 heavy (non-hydrogen) atoms. The van der Waals surface area contributed by atoms with Crippen molar-refractivity contribution in [3.05, 3.63) is 24.3 Å². The number of aliphatic imine (C=N–C) groups is 1. The van der Waals surface area contributed by atoms with Crippen molar-refractivity contribution in [2.75, 3.05) is 6.54 Å². The Kier molecular flexibility index (Phi) is 3.05. The average molecular weight is 150 g/mol. The summed E-state index contributed by atoms with van der Waals surface area (Å²) in [6.07, 6.45) is 8.21. The van der Waals surface area contributed by atoms with Gasteiger partial charge in [0.1, 0.15) is 0 Å². The van der Waals surface area contributed by atoms with Gasteiger partial charge in [0.25, 0.3) is 0 Å². The third kappa shape index (κ3) is 2.02. The van der Waals surface area contributed by atoms with Crippen molar-refractivity contribution in [1.29, 1.82) is 0 Å². The molecule has 2 heteroatoms. The van der Waals surface area contributed by atoms with Crippen LogP contribution in [-0.2, 0) is 0 Å². The summed E-state index contributed by atoms with van der Waals surface area (Å²) in [6, 6.07) is 0.544. The van der Waals surface area contributed by atoms with Gasteiger partial charge in [0.2, 0.25) is 0 Å². The van der Waals surface area contributed by atoms with Crippen LogP contribution in [0.2, 0.25) is 0 Å². The van der Waals surface area contributed by atoms with Crippen LogP contribution in [0.3, 0.4) is 0 Å². The Labute approximate surface area is 67.7 Å². The maximum absolute atomic E-state index is 4.00. The van der Waals surface area contributed by atoms with Gasteiger partial charge in [-0.3, -0.25) is 4.99 Å². The Balaban J connectivity index is 2.55. The molecule has 0 aliphatic heterocycles. The minimum Gasteiger partial charge on any atom is -0.309 e. The van der Waals surface area contributed by atoms with Crippen molar-refractivity contribution in [1.82, 2.24) is 5.32 Å². The summed E-state index contributed by atoms with van der Waals surface area (Å²) in [5.41, 5.74) is 0. The quantitative estimate of drug-likeness (QED) is 0.600. The van der Waals surface area contributed by atoms with E-state index in [9.17, 15) is 0 Å². The first-order valence-electron chi connectivity index (χ1n) is 3.92. The predicted molar refractivity (Wildman–Crippen MR) is 49.1 cm³/mol. The van der Waals surface area contributed by atoms with E-state index in [0.29, 0.717) is 6.04 Å². The van der Waals surface area contributed by atoms with Gasteiger partial charge in [0.15, 0.2) is 0 Å². The van der Waals surface area contributed by atoms with Gasteiger partial charge in [0, 0.05) is 0 Å². The summed E-state index contributed by atoms with van der Waals surface area (Å²) >= 11 is 0. The smallest absolute Gasteiger partial charge is 0.0864 e. The van der Waals surface area contributed by atoms with Crippen molar-refractivity contribution >= 4 is 6.72 Å². The van der Waals surface area contributed by atoms with E-state index in [0.717, 1.165) is 6.54 Å². The van der Waals surface area contributed by atoms with E-state index in [1.807, 2.05) is 12.2 Å². The van der Waals surface area contributed by atoms with E-state index in [4.69, 9.17) is 0 Å². The van der Waals surface area contributed by atoms with Gasteiger partial charge in [-0.15, -0.1) is 0 Å². The molecule has 0 saturated heterocycles. The van der Waals surface area contributed by atoms with E-state index < -0.39 is 0 Å². The fraction of sp³-hybridized carbons (Fsp3) is 0.444. The van der Waals surface area contributed by atoms with Crippen molar-refractivity contribution in [2.45, 2.75) is 19.0 Å². The molecule has 1 rings (SSSR count). The number of hydrogen-bond acceptors (Lipinski definition) is 2. The molecule has 1 N–H and O–H groups in total. The molecule has 1 aliphatic rings. The van der Waals surface area contributed by atoms with Crippen LogP contribution in [0.25, 0.3) is 0 Å². The highest BCUT2D eigenvalue weighted by molar-refractivity contribution is 5.29. The third-order valence-electron chi connectivity index (χ3n) is 1.76. The van der Waals surface area contributed by atoms with Gasteiger partial charge >= 0.3 is 0 Å². The maximum atomic E-state index is 4.00. The predicted octanol–water partition coefficient (Wildman–Crippen LogP) is 1.16. The Bertz CT molecular complexity index is 182. The van der Waals surface area contributed by atoms with Gasteiger partial charge in [0.05, 0.1) is 12.1 Å². The summed E-state index contributed by atoms with van der Waals surface area (Å²) in [5.74, 6) is 0. The molecule has 0 aromatic carbocycles. The summed E-state index contributed by atoms with van der Waals surface area (Å²) in [7, 11) is 0. The van der Waals surface area contributed by atoms with Crippen LogP contribution < -0.4 is 5.32 Å².